The second-order valence-corrected chi connectivity index (χ2v) is 7.51. The van der Waals surface area contributed by atoms with Gasteiger partial charge in [0.25, 0.3) is 0 Å². The summed E-state index contributed by atoms with van der Waals surface area (Å²) in [4.78, 5) is 2.76. The highest BCUT2D eigenvalue weighted by Crippen LogP contribution is 2.29. The van der Waals surface area contributed by atoms with E-state index in [0.29, 0.717) is 0 Å². The van der Waals surface area contributed by atoms with Crippen LogP contribution in [0, 0.1) is 5.92 Å². The van der Waals surface area contributed by atoms with Crippen molar-refractivity contribution < 1.29 is 0 Å². The number of hydrogen-bond donors (Lipinski definition) is 1. The van der Waals surface area contributed by atoms with Crippen molar-refractivity contribution in [1.29, 1.82) is 0 Å². The quantitative estimate of drug-likeness (QED) is 0.891. The summed E-state index contributed by atoms with van der Waals surface area (Å²) < 4.78 is 1.23. The third kappa shape index (κ3) is 3.88. The number of aryl methyl sites for hydroxylation is 1. The molecule has 1 aliphatic heterocycles. The van der Waals surface area contributed by atoms with E-state index in [9.17, 15) is 0 Å². The lowest BCUT2D eigenvalue weighted by atomic mass is 9.86. The topological polar surface area (TPSA) is 15.3 Å². The molecule has 3 heteroatoms. The van der Waals surface area contributed by atoms with Gasteiger partial charge in [-0.3, -0.25) is 0 Å². The maximum Gasteiger partial charge on any atom is 0.0178 e. The molecule has 1 saturated heterocycles. The van der Waals surface area contributed by atoms with Gasteiger partial charge >= 0.3 is 0 Å². The molecule has 1 aromatic rings. The van der Waals surface area contributed by atoms with Crippen LogP contribution in [0.5, 0.6) is 0 Å². The van der Waals surface area contributed by atoms with Gasteiger partial charge in [0.05, 0.1) is 0 Å². The smallest absolute Gasteiger partial charge is 0.0178 e. The Balaban J connectivity index is 1.54. The van der Waals surface area contributed by atoms with Gasteiger partial charge in [-0.2, -0.15) is 0 Å². The lowest BCUT2D eigenvalue weighted by Crippen LogP contribution is -2.45. The molecule has 1 N–H and O–H groups in total. The number of likely N-dealkylation sites (tertiary alicyclic amines) is 1. The Labute approximate surface area is 137 Å². The molecule has 0 radical (unpaired) electrons. The molecule has 0 amide bonds. The van der Waals surface area contributed by atoms with Gasteiger partial charge in [-0.05, 0) is 87.5 Å². The maximum absolute atomic E-state index is 3.59. The van der Waals surface area contributed by atoms with Crippen LogP contribution < -0.4 is 5.32 Å². The normalized spacial score (nSPS) is 24.0. The summed E-state index contributed by atoms with van der Waals surface area (Å²) in [5.41, 5.74) is 3.13. The van der Waals surface area contributed by atoms with E-state index in [1.165, 1.54) is 56.2 Å². The van der Waals surface area contributed by atoms with E-state index in [1.807, 2.05) is 0 Å². The number of halogens is 1. The molecule has 0 spiro atoms. The number of nitrogens with zero attached hydrogens (tertiary/aromatic N) is 1. The fourth-order valence-corrected chi connectivity index (χ4v) is 4.30. The maximum atomic E-state index is 3.59. The summed E-state index contributed by atoms with van der Waals surface area (Å²) in [7, 11) is 0. The van der Waals surface area contributed by atoms with Crippen molar-refractivity contribution in [3.05, 3.63) is 33.8 Å². The van der Waals surface area contributed by atoms with Gasteiger partial charge in [0.15, 0.2) is 0 Å². The number of rotatable bonds is 4. The molecule has 3 rings (SSSR count). The van der Waals surface area contributed by atoms with Crippen molar-refractivity contribution in [2.24, 2.45) is 5.92 Å². The van der Waals surface area contributed by atoms with E-state index in [-0.39, 0.29) is 0 Å². The molecule has 2 aliphatic rings. The first kappa shape index (κ1) is 15.5. The lowest BCUT2D eigenvalue weighted by Gasteiger charge is -2.40. The molecule has 1 heterocycles. The van der Waals surface area contributed by atoms with Crippen LogP contribution in [0.1, 0.15) is 37.3 Å². The molecular formula is C18H27BrN2. The average Bonchev–Trinajstić information content (AvgIpc) is 2.53. The first-order valence-electron chi connectivity index (χ1n) is 8.48. The number of fused-ring (bicyclic) bond motifs is 1. The Hall–Kier alpha value is -0.380. The molecule has 0 bridgehead atoms. The highest BCUT2D eigenvalue weighted by molar-refractivity contribution is 9.10. The first-order chi connectivity index (χ1) is 10.3. The van der Waals surface area contributed by atoms with Crippen LogP contribution in [-0.2, 0) is 12.8 Å². The molecule has 2 nitrogen and oxygen atoms in total. The first-order valence-corrected chi connectivity index (χ1v) is 9.27. The predicted molar refractivity (Wildman–Crippen MR) is 92.8 cm³/mol. The summed E-state index contributed by atoms with van der Waals surface area (Å²) in [5.74, 6) is 0.896. The minimum atomic E-state index is 0.777. The largest absolute Gasteiger partial charge is 0.317 e. The molecule has 1 atom stereocenters. The zero-order chi connectivity index (χ0) is 14.7. The molecule has 1 aliphatic carbocycles. The van der Waals surface area contributed by atoms with Crippen LogP contribution in [-0.4, -0.2) is 37.1 Å². The van der Waals surface area contributed by atoms with E-state index in [2.05, 4.69) is 51.3 Å². The van der Waals surface area contributed by atoms with E-state index < -0.39 is 0 Å². The summed E-state index contributed by atoms with van der Waals surface area (Å²) in [6.45, 7) is 7.12. The summed E-state index contributed by atoms with van der Waals surface area (Å²) >= 11 is 3.59. The van der Waals surface area contributed by atoms with Crippen LogP contribution in [0.3, 0.4) is 0 Å². The van der Waals surface area contributed by atoms with Gasteiger partial charge < -0.3 is 10.2 Å². The molecule has 1 fully saturated rings. The second-order valence-electron chi connectivity index (χ2n) is 6.60. The molecule has 0 aromatic heterocycles. The van der Waals surface area contributed by atoms with Crippen molar-refractivity contribution in [1.82, 2.24) is 10.2 Å². The lowest BCUT2D eigenvalue weighted by molar-refractivity contribution is 0.121. The van der Waals surface area contributed by atoms with E-state index in [4.69, 9.17) is 0 Å². The SMILES string of the molecule is CCNCC1CCN(C2CCc3cc(Br)ccc3C2)CC1. The van der Waals surface area contributed by atoms with E-state index in [1.54, 1.807) is 11.1 Å². The number of hydrogen-bond acceptors (Lipinski definition) is 2. The Bertz CT molecular complexity index is 466. The zero-order valence-corrected chi connectivity index (χ0v) is 14.7. The van der Waals surface area contributed by atoms with Gasteiger partial charge in [-0.25, -0.2) is 0 Å². The number of nitrogens with one attached hydrogen (secondary N) is 1. The predicted octanol–water partition coefficient (Wildman–Crippen LogP) is 3.63. The minimum absolute atomic E-state index is 0.777. The van der Waals surface area contributed by atoms with Gasteiger partial charge in [0.1, 0.15) is 0 Å². The van der Waals surface area contributed by atoms with Crippen molar-refractivity contribution in [3.8, 4) is 0 Å². The van der Waals surface area contributed by atoms with Gasteiger partial charge in [0.2, 0.25) is 0 Å². The van der Waals surface area contributed by atoms with Crippen molar-refractivity contribution in [2.75, 3.05) is 26.2 Å². The summed E-state index contributed by atoms with van der Waals surface area (Å²) in [6.07, 6.45) is 6.58. The molecule has 0 saturated carbocycles. The standard InChI is InChI=1S/C18H27BrN2/c1-2-20-13-14-7-9-21(10-8-14)18-6-4-15-11-17(19)5-3-16(15)12-18/h3,5,11,14,18,20H,2,4,6-10,12-13H2,1H3. The second kappa shape index (κ2) is 7.26. The van der Waals surface area contributed by atoms with Crippen LogP contribution in [0.15, 0.2) is 22.7 Å². The third-order valence-electron chi connectivity index (χ3n) is 5.22. The van der Waals surface area contributed by atoms with Crippen molar-refractivity contribution in [2.45, 2.75) is 45.1 Å². The van der Waals surface area contributed by atoms with Crippen LogP contribution in [0.4, 0.5) is 0 Å². The van der Waals surface area contributed by atoms with Gasteiger partial charge in [-0.15, -0.1) is 0 Å². The molecular weight excluding hydrogens is 324 g/mol. The molecule has 21 heavy (non-hydrogen) atoms. The van der Waals surface area contributed by atoms with Crippen molar-refractivity contribution in [3.63, 3.8) is 0 Å². The Morgan fingerprint density at radius 1 is 1.19 bits per heavy atom. The van der Waals surface area contributed by atoms with Gasteiger partial charge in [0, 0.05) is 10.5 Å². The number of piperidine rings is 1. The third-order valence-corrected chi connectivity index (χ3v) is 5.71. The Morgan fingerprint density at radius 2 is 2.00 bits per heavy atom. The Kier molecular flexibility index (Phi) is 5.36. The van der Waals surface area contributed by atoms with Crippen LogP contribution in [0.25, 0.3) is 0 Å². The molecule has 116 valence electrons. The van der Waals surface area contributed by atoms with Crippen LogP contribution >= 0.6 is 15.9 Å². The van der Waals surface area contributed by atoms with E-state index in [0.717, 1.165) is 18.5 Å². The fourth-order valence-electron chi connectivity index (χ4n) is 3.89. The highest BCUT2D eigenvalue weighted by atomic mass is 79.9. The van der Waals surface area contributed by atoms with E-state index >= 15 is 0 Å². The zero-order valence-electron chi connectivity index (χ0n) is 13.1. The average molecular weight is 351 g/mol. The monoisotopic (exact) mass is 350 g/mol. The number of benzene rings is 1. The van der Waals surface area contributed by atoms with Crippen LogP contribution in [0.2, 0.25) is 0 Å². The van der Waals surface area contributed by atoms with Crippen molar-refractivity contribution >= 4 is 15.9 Å². The summed E-state index contributed by atoms with van der Waals surface area (Å²) in [5, 5.41) is 3.51. The fraction of sp³-hybridized carbons (Fsp3) is 0.667. The molecule has 1 unspecified atom stereocenters. The highest BCUT2D eigenvalue weighted by Gasteiger charge is 2.27. The Morgan fingerprint density at radius 3 is 2.76 bits per heavy atom. The van der Waals surface area contributed by atoms with Gasteiger partial charge in [-0.1, -0.05) is 28.9 Å². The molecule has 1 aromatic carbocycles. The minimum Gasteiger partial charge on any atom is -0.317 e. The summed E-state index contributed by atoms with van der Waals surface area (Å²) in [6, 6.07) is 7.61.